The van der Waals surface area contributed by atoms with Crippen molar-refractivity contribution in [1.29, 1.82) is 0 Å². The summed E-state index contributed by atoms with van der Waals surface area (Å²) < 4.78 is 119. The molecular weight excluding hydrogens is 502 g/mol. The molecule has 0 aliphatic rings. The van der Waals surface area contributed by atoms with Crippen molar-refractivity contribution >= 4 is 22.1 Å². The summed E-state index contributed by atoms with van der Waals surface area (Å²) in [5.41, 5.74) is 2.44. The normalized spacial score (nSPS) is 12.9. The summed E-state index contributed by atoms with van der Waals surface area (Å²) in [5.74, 6) is -13.3. The minimum Gasteiger partial charge on any atom is -0.492 e. The standard InChI is InChI=1S/C18H18OS.C4F10/c1-2-3-11-19-18-16-7-5-4-6-14(16)8-9-17(18)15-10-12-20-13-15;5-1(6,3(9,10)11)2(7,8)4(12,13)14/h4-10,12-13H,2-3,11H2,1H3;. The highest BCUT2D eigenvalue weighted by Gasteiger charge is 2.82. The smallest absolute Gasteiger partial charge is 0.460 e. The summed E-state index contributed by atoms with van der Waals surface area (Å²) in [7, 11) is 0. The molecule has 0 radical (unpaired) electrons. The van der Waals surface area contributed by atoms with Crippen LogP contribution in [0.2, 0.25) is 0 Å². The summed E-state index contributed by atoms with van der Waals surface area (Å²) in [4.78, 5) is 0. The first kappa shape index (κ1) is 27.7. The zero-order valence-corrected chi connectivity index (χ0v) is 18.2. The van der Waals surface area contributed by atoms with Crippen LogP contribution in [0.1, 0.15) is 19.8 Å². The van der Waals surface area contributed by atoms with E-state index in [-0.39, 0.29) is 0 Å². The number of hydrogen-bond acceptors (Lipinski definition) is 2. The molecule has 34 heavy (non-hydrogen) atoms. The van der Waals surface area contributed by atoms with Crippen LogP contribution in [0.4, 0.5) is 43.9 Å². The molecule has 3 rings (SSSR count). The molecule has 0 atom stereocenters. The Morgan fingerprint density at radius 2 is 1.35 bits per heavy atom. The fourth-order valence-electron chi connectivity index (χ4n) is 2.72. The van der Waals surface area contributed by atoms with E-state index in [1.54, 1.807) is 11.3 Å². The van der Waals surface area contributed by atoms with Gasteiger partial charge in [0, 0.05) is 10.9 Å². The summed E-state index contributed by atoms with van der Waals surface area (Å²) in [5, 5.41) is 6.72. The van der Waals surface area contributed by atoms with Crippen molar-refractivity contribution in [2.75, 3.05) is 6.61 Å². The summed E-state index contributed by atoms with van der Waals surface area (Å²) in [6, 6.07) is 14.9. The molecule has 0 saturated carbocycles. The third-order valence-corrected chi connectivity index (χ3v) is 5.25. The van der Waals surface area contributed by atoms with Crippen LogP contribution in [-0.2, 0) is 0 Å². The zero-order chi connectivity index (χ0) is 25.8. The molecule has 0 N–H and O–H groups in total. The van der Waals surface area contributed by atoms with Crippen LogP contribution in [0.15, 0.2) is 53.2 Å². The summed E-state index contributed by atoms with van der Waals surface area (Å²) in [6.07, 6.45) is -11.7. The number of ether oxygens (including phenoxy) is 1. The molecule has 0 aliphatic heterocycles. The number of halogens is 10. The summed E-state index contributed by atoms with van der Waals surface area (Å²) in [6.45, 7) is 2.97. The van der Waals surface area contributed by atoms with E-state index in [4.69, 9.17) is 4.74 Å². The van der Waals surface area contributed by atoms with Crippen LogP contribution in [0.25, 0.3) is 21.9 Å². The fraction of sp³-hybridized carbons (Fsp3) is 0.364. The maximum absolute atomic E-state index is 11.6. The lowest BCUT2D eigenvalue weighted by Crippen LogP contribution is -2.59. The lowest BCUT2D eigenvalue weighted by atomic mass is 10.0. The molecule has 0 amide bonds. The van der Waals surface area contributed by atoms with Crippen molar-refractivity contribution in [3.05, 3.63) is 53.2 Å². The van der Waals surface area contributed by atoms with Gasteiger partial charge in [-0.1, -0.05) is 43.7 Å². The number of benzene rings is 2. The Kier molecular flexibility index (Phi) is 8.49. The Hall–Kier alpha value is -2.50. The molecule has 0 spiro atoms. The van der Waals surface area contributed by atoms with Gasteiger partial charge in [0.2, 0.25) is 0 Å². The van der Waals surface area contributed by atoms with Crippen LogP contribution >= 0.6 is 11.3 Å². The van der Waals surface area contributed by atoms with E-state index in [2.05, 4.69) is 60.1 Å². The number of rotatable bonds is 6. The first-order valence-electron chi connectivity index (χ1n) is 9.71. The molecule has 188 valence electrons. The average Bonchev–Trinajstić information content (AvgIpc) is 3.27. The molecule has 0 fully saturated rings. The van der Waals surface area contributed by atoms with Crippen LogP contribution < -0.4 is 4.74 Å². The maximum Gasteiger partial charge on any atom is 0.460 e. The largest absolute Gasteiger partial charge is 0.492 e. The lowest BCUT2D eigenvalue weighted by Gasteiger charge is -2.29. The first-order chi connectivity index (χ1) is 15.6. The van der Waals surface area contributed by atoms with Crippen molar-refractivity contribution < 1.29 is 48.6 Å². The summed E-state index contributed by atoms with van der Waals surface area (Å²) >= 11 is 1.72. The van der Waals surface area contributed by atoms with Gasteiger partial charge >= 0.3 is 24.2 Å². The average molecular weight is 520 g/mol. The molecule has 0 saturated heterocycles. The maximum atomic E-state index is 11.6. The number of fused-ring (bicyclic) bond motifs is 1. The zero-order valence-electron chi connectivity index (χ0n) is 17.4. The van der Waals surface area contributed by atoms with Gasteiger partial charge in [0.25, 0.3) is 0 Å². The molecule has 1 aromatic heterocycles. The van der Waals surface area contributed by atoms with Gasteiger partial charge in [0.1, 0.15) is 5.75 Å². The molecule has 2 aromatic carbocycles. The fourth-order valence-corrected chi connectivity index (χ4v) is 3.37. The number of hydrogen-bond donors (Lipinski definition) is 0. The number of unbranched alkanes of at least 4 members (excludes halogenated alkanes) is 1. The third kappa shape index (κ3) is 5.76. The molecular formula is C22H18F10OS. The van der Waals surface area contributed by atoms with E-state index in [0.717, 1.165) is 25.2 Å². The minimum absolute atomic E-state index is 0.779. The Morgan fingerprint density at radius 1 is 0.765 bits per heavy atom. The SMILES string of the molecule is CCCCOc1c(-c2ccsc2)ccc2ccccc12.FC(F)(F)C(F)(F)C(F)(F)C(F)(F)F. The first-order valence-corrected chi connectivity index (χ1v) is 10.7. The minimum atomic E-state index is -7.14. The third-order valence-electron chi connectivity index (χ3n) is 4.56. The number of alkyl halides is 10. The molecule has 3 aromatic rings. The van der Waals surface area contributed by atoms with Crippen molar-refractivity contribution in [1.82, 2.24) is 0 Å². The van der Waals surface area contributed by atoms with Crippen molar-refractivity contribution in [2.24, 2.45) is 0 Å². The molecule has 1 heterocycles. The predicted molar refractivity (Wildman–Crippen MR) is 110 cm³/mol. The van der Waals surface area contributed by atoms with E-state index in [1.165, 1.54) is 21.9 Å². The second kappa shape index (κ2) is 10.4. The van der Waals surface area contributed by atoms with Crippen LogP contribution in [0.3, 0.4) is 0 Å². The highest BCUT2D eigenvalue weighted by Crippen LogP contribution is 2.53. The van der Waals surface area contributed by atoms with Gasteiger partial charge in [-0.3, -0.25) is 0 Å². The van der Waals surface area contributed by atoms with Gasteiger partial charge in [-0.2, -0.15) is 55.2 Å². The van der Waals surface area contributed by atoms with Gasteiger partial charge < -0.3 is 4.74 Å². The molecule has 0 aliphatic carbocycles. The van der Waals surface area contributed by atoms with Crippen molar-refractivity contribution in [2.45, 2.75) is 44.0 Å². The Balaban J connectivity index is 0.000000259. The van der Waals surface area contributed by atoms with E-state index < -0.39 is 24.2 Å². The molecule has 0 unspecified atom stereocenters. The second-order valence-electron chi connectivity index (χ2n) is 7.02. The van der Waals surface area contributed by atoms with E-state index in [0.29, 0.717) is 0 Å². The van der Waals surface area contributed by atoms with Gasteiger partial charge in [0.05, 0.1) is 6.61 Å². The molecule has 12 heteroatoms. The van der Waals surface area contributed by atoms with Crippen molar-refractivity contribution in [3.8, 4) is 16.9 Å². The molecule has 0 bridgehead atoms. The van der Waals surface area contributed by atoms with Crippen LogP contribution in [0.5, 0.6) is 5.75 Å². The van der Waals surface area contributed by atoms with Crippen LogP contribution in [0, 0.1) is 0 Å². The van der Waals surface area contributed by atoms with Gasteiger partial charge in [-0.25, -0.2) is 0 Å². The monoisotopic (exact) mass is 520 g/mol. The second-order valence-corrected chi connectivity index (χ2v) is 7.80. The predicted octanol–water partition coefficient (Wildman–Crippen LogP) is 9.13. The van der Waals surface area contributed by atoms with Crippen LogP contribution in [-0.4, -0.2) is 30.8 Å². The molecule has 1 nitrogen and oxygen atoms in total. The highest BCUT2D eigenvalue weighted by molar-refractivity contribution is 7.08. The lowest BCUT2D eigenvalue weighted by molar-refractivity contribution is -0.419. The van der Waals surface area contributed by atoms with Gasteiger partial charge in [0.15, 0.2) is 0 Å². The van der Waals surface area contributed by atoms with E-state index in [9.17, 15) is 43.9 Å². The van der Waals surface area contributed by atoms with E-state index >= 15 is 0 Å². The highest BCUT2D eigenvalue weighted by atomic mass is 32.1. The number of thiophene rings is 1. The van der Waals surface area contributed by atoms with Gasteiger partial charge in [-0.15, -0.1) is 0 Å². The Labute approximate surface area is 192 Å². The Bertz CT molecular complexity index is 1030. The quantitative estimate of drug-likeness (QED) is 0.233. The Morgan fingerprint density at radius 3 is 1.85 bits per heavy atom. The van der Waals surface area contributed by atoms with E-state index in [1.807, 2.05) is 0 Å². The van der Waals surface area contributed by atoms with Gasteiger partial charge in [-0.05, 0) is 40.3 Å². The van der Waals surface area contributed by atoms with Crippen molar-refractivity contribution in [3.63, 3.8) is 0 Å². The topological polar surface area (TPSA) is 9.23 Å².